The molecule has 1 rings (SSSR count). The van der Waals surface area contributed by atoms with E-state index in [-0.39, 0.29) is 24.6 Å². The molecule has 0 heterocycles. The third-order valence-electron chi connectivity index (χ3n) is 3.10. The molecule has 0 N–H and O–H groups in total. The van der Waals surface area contributed by atoms with E-state index in [0.717, 1.165) is 12.8 Å². The van der Waals surface area contributed by atoms with E-state index in [1.54, 1.807) is 0 Å². The Hall–Kier alpha value is -0.830. The van der Waals surface area contributed by atoms with Crippen LogP contribution in [0.3, 0.4) is 0 Å². The first-order chi connectivity index (χ1) is 8.13. The normalized spacial score (nSPS) is 17.9. The first-order valence-corrected chi connectivity index (χ1v) is 6.48. The van der Waals surface area contributed by atoms with Gasteiger partial charge in [0.1, 0.15) is 0 Å². The van der Waals surface area contributed by atoms with Crippen LogP contribution in [0.5, 0.6) is 0 Å². The Labute approximate surface area is 107 Å². The number of halogens is 1. The number of carbonyl (C=O) groups excluding carboxylic acids is 2. The second kappa shape index (κ2) is 7.49. The summed E-state index contributed by atoms with van der Waals surface area (Å²) >= 11 is 6.13. The summed E-state index contributed by atoms with van der Waals surface area (Å²) in [6, 6.07) is 0. The Bertz CT molecular complexity index is 304. The van der Waals surface area contributed by atoms with Crippen LogP contribution in [-0.2, 0) is 14.3 Å². The zero-order valence-corrected chi connectivity index (χ0v) is 11.0. The summed E-state index contributed by atoms with van der Waals surface area (Å²) in [5, 5.41) is 0.652. The van der Waals surface area contributed by atoms with Gasteiger partial charge in [0.05, 0.1) is 13.5 Å². The minimum atomic E-state index is -0.361. The number of allylic oxidation sites excluding steroid dienone is 2. The molecular weight excluding hydrogens is 240 g/mol. The van der Waals surface area contributed by atoms with Crippen LogP contribution in [0.4, 0.5) is 0 Å². The molecule has 17 heavy (non-hydrogen) atoms. The van der Waals surface area contributed by atoms with Crippen LogP contribution in [0.1, 0.15) is 44.9 Å². The van der Waals surface area contributed by atoms with Crippen LogP contribution < -0.4 is 0 Å². The van der Waals surface area contributed by atoms with Crippen molar-refractivity contribution in [2.45, 2.75) is 44.9 Å². The maximum atomic E-state index is 11.5. The van der Waals surface area contributed by atoms with Gasteiger partial charge >= 0.3 is 5.97 Å². The second-order valence-electron chi connectivity index (χ2n) is 4.41. The minimum Gasteiger partial charge on any atom is -0.469 e. The molecule has 1 aliphatic carbocycles. The molecule has 0 atom stereocenters. The van der Waals surface area contributed by atoms with Gasteiger partial charge in [-0.15, -0.1) is 0 Å². The number of hydrogen-bond donors (Lipinski definition) is 0. The van der Waals surface area contributed by atoms with E-state index >= 15 is 0 Å². The van der Waals surface area contributed by atoms with Gasteiger partial charge in [0.2, 0.25) is 0 Å². The highest BCUT2D eigenvalue weighted by atomic mass is 35.5. The van der Waals surface area contributed by atoms with Crippen LogP contribution in [0.15, 0.2) is 11.1 Å². The number of hydrogen-bond acceptors (Lipinski definition) is 3. The Morgan fingerprint density at radius 2 is 1.88 bits per heavy atom. The molecule has 1 saturated carbocycles. The van der Waals surface area contributed by atoms with E-state index < -0.39 is 0 Å². The molecule has 0 aromatic heterocycles. The summed E-state index contributed by atoms with van der Waals surface area (Å²) < 4.78 is 4.48. The predicted octanol–water partition coefficient (Wildman–Crippen LogP) is 3.21. The van der Waals surface area contributed by atoms with Crippen molar-refractivity contribution >= 4 is 23.4 Å². The lowest BCUT2D eigenvalue weighted by Gasteiger charge is -2.20. The lowest BCUT2D eigenvalue weighted by atomic mass is 9.88. The van der Waals surface area contributed by atoms with Crippen LogP contribution in [-0.4, -0.2) is 18.9 Å². The molecule has 3 nitrogen and oxygen atoms in total. The van der Waals surface area contributed by atoms with Crippen molar-refractivity contribution in [2.75, 3.05) is 7.11 Å². The molecule has 1 aliphatic rings. The molecule has 0 radical (unpaired) electrons. The van der Waals surface area contributed by atoms with Gasteiger partial charge < -0.3 is 4.74 Å². The maximum Gasteiger partial charge on any atom is 0.305 e. The molecule has 4 heteroatoms. The summed E-state index contributed by atoms with van der Waals surface area (Å²) in [5.74, 6) is -0.112. The molecule has 1 fully saturated rings. The molecular formula is C13H19ClO3. The van der Waals surface area contributed by atoms with Gasteiger partial charge in [0.15, 0.2) is 5.78 Å². The van der Waals surface area contributed by atoms with Gasteiger partial charge in [0.25, 0.3) is 0 Å². The predicted molar refractivity (Wildman–Crippen MR) is 66.8 cm³/mol. The standard InChI is InChI=1S/C13H19ClO3/c1-17-13(16)8-7-11(15)9-12(14)10-5-3-2-4-6-10/h9-10H,2-8H2,1H3/b12-9-. The number of methoxy groups -OCH3 is 1. The lowest BCUT2D eigenvalue weighted by molar-refractivity contribution is -0.141. The van der Waals surface area contributed by atoms with Gasteiger partial charge in [-0.2, -0.15) is 0 Å². The summed E-state index contributed by atoms with van der Waals surface area (Å²) in [6.45, 7) is 0. The first-order valence-electron chi connectivity index (χ1n) is 6.10. The van der Waals surface area contributed by atoms with Crippen molar-refractivity contribution in [1.29, 1.82) is 0 Å². The van der Waals surface area contributed by atoms with Crippen molar-refractivity contribution in [3.8, 4) is 0 Å². The van der Waals surface area contributed by atoms with Crippen LogP contribution in [0.25, 0.3) is 0 Å². The highest BCUT2D eigenvalue weighted by molar-refractivity contribution is 6.31. The fourth-order valence-electron chi connectivity index (χ4n) is 2.05. The van der Waals surface area contributed by atoms with Gasteiger partial charge in [-0.25, -0.2) is 0 Å². The van der Waals surface area contributed by atoms with Crippen molar-refractivity contribution in [3.05, 3.63) is 11.1 Å². The summed E-state index contributed by atoms with van der Waals surface area (Å²) in [6.07, 6.45) is 7.56. The van der Waals surface area contributed by atoms with Gasteiger partial charge in [-0.3, -0.25) is 9.59 Å². The molecule has 0 saturated heterocycles. The minimum absolute atomic E-state index is 0.0917. The average molecular weight is 259 g/mol. The van der Waals surface area contributed by atoms with E-state index in [0.29, 0.717) is 11.0 Å². The molecule has 0 spiro atoms. The Kier molecular flexibility index (Phi) is 6.27. The molecule has 96 valence electrons. The van der Waals surface area contributed by atoms with E-state index in [2.05, 4.69) is 4.74 Å². The van der Waals surface area contributed by atoms with Gasteiger partial charge in [-0.05, 0) is 24.8 Å². The monoisotopic (exact) mass is 258 g/mol. The molecule has 0 bridgehead atoms. The fourth-order valence-corrected chi connectivity index (χ4v) is 2.39. The number of ether oxygens (including phenoxy) is 1. The van der Waals surface area contributed by atoms with Crippen LogP contribution >= 0.6 is 11.6 Å². The van der Waals surface area contributed by atoms with Crippen molar-refractivity contribution in [1.82, 2.24) is 0 Å². The molecule has 0 unspecified atom stereocenters. The van der Waals surface area contributed by atoms with E-state index in [4.69, 9.17) is 11.6 Å². The second-order valence-corrected chi connectivity index (χ2v) is 4.84. The third-order valence-corrected chi connectivity index (χ3v) is 3.51. The van der Waals surface area contributed by atoms with E-state index in [1.165, 1.54) is 32.4 Å². The smallest absolute Gasteiger partial charge is 0.305 e. The van der Waals surface area contributed by atoms with Crippen molar-refractivity contribution < 1.29 is 14.3 Å². The van der Waals surface area contributed by atoms with Crippen molar-refractivity contribution in [2.24, 2.45) is 5.92 Å². The number of carbonyl (C=O) groups is 2. The molecule has 0 aromatic rings. The van der Waals surface area contributed by atoms with Gasteiger partial charge in [-0.1, -0.05) is 30.9 Å². The van der Waals surface area contributed by atoms with Crippen LogP contribution in [0, 0.1) is 5.92 Å². The topological polar surface area (TPSA) is 43.4 Å². The third kappa shape index (κ3) is 5.35. The van der Waals surface area contributed by atoms with E-state index in [1.807, 2.05) is 0 Å². The number of ketones is 1. The Balaban J connectivity index is 2.38. The zero-order valence-electron chi connectivity index (χ0n) is 10.2. The SMILES string of the molecule is COC(=O)CCC(=O)/C=C(\Cl)C1CCCCC1. The summed E-state index contributed by atoms with van der Waals surface area (Å²) in [4.78, 5) is 22.4. The fraction of sp³-hybridized carbons (Fsp3) is 0.692. The van der Waals surface area contributed by atoms with Crippen LogP contribution in [0.2, 0.25) is 0 Å². The lowest BCUT2D eigenvalue weighted by Crippen LogP contribution is -2.08. The molecule has 0 amide bonds. The van der Waals surface area contributed by atoms with Crippen molar-refractivity contribution in [3.63, 3.8) is 0 Å². The van der Waals surface area contributed by atoms with E-state index in [9.17, 15) is 9.59 Å². The largest absolute Gasteiger partial charge is 0.469 e. The van der Waals surface area contributed by atoms with Gasteiger partial charge in [0, 0.05) is 11.5 Å². The Morgan fingerprint density at radius 3 is 2.47 bits per heavy atom. The number of rotatable bonds is 5. The Morgan fingerprint density at radius 1 is 1.24 bits per heavy atom. The highest BCUT2D eigenvalue weighted by Crippen LogP contribution is 2.31. The quantitative estimate of drug-likeness (QED) is 0.562. The summed E-state index contributed by atoms with van der Waals surface area (Å²) in [7, 11) is 1.32. The highest BCUT2D eigenvalue weighted by Gasteiger charge is 2.17. The maximum absolute atomic E-state index is 11.5. The summed E-state index contributed by atoms with van der Waals surface area (Å²) in [5.41, 5.74) is 0. The molecule has 0 aromatic carbocycles. The molecule has 0 aliphatic heterocycles. The first kappa shape index (κ1) is 14.2. The average Bonchev–Trinajstić information content (AvgIpc) is 2.36. The zero-order chi connectivity index (χ0) is 12.7. The number of esters is 1.